The van der Waals surface area contributed by atoms with E-state index in [-0.39, 0.29) is 29.9 Å². The number of hydrogen-bond acceptors (Lipinski definition) is 4. The van der Waals surface area contributed by atoms with Gasteiger partial charge in [0.25, 0.3) is 5.91 Å². The summed E-state index contributed by atoms with van der Waals surface area (Å²) < 4.78 is 5.63. The van der Waals surface area contributed by atoms with E-state index in [1.165, 1.54) is 0 Å². The van der Waals surface area contributed by atoms with E-state index in [2.05, 4.69) is 5.32 Å². The molecule has 0 aromatic carbocycles. The van der Waals surface area contributed by atoms with Crippen LogP contribution in [0, 0.1) is 5.92 Å². The van der Waals surface area contributed by atoms with Crippen LogP contribution in [0.4, 0.5) is 0 Å². The van der Waals surface area contributed by atoms with Gasteiger partial charge in [-0.15, -0.1) is 0 Å². The second-order valence-corrected chi connectivity index (χ2v) is 5.30. The molecule has 3 unspecified atom stereocenters. The van der Waals surface area contributed by atoms with Crippen molar-refractivity contribution in [2.75, 3.05) is 26.7 Å². The van der Waals surface area contributed by atoms with Crippen LogP contribution >= 0.6 is 0 Å². The molecule has 0 radical (unpaired) electrons. The van der Waals surface area contributed by atoms with Crippen molar-refractivity contribution in [3.05, 3.63) is 0 Å². The zero-order valence-electron chi connectivity index (χ0n) is 11.4. The Hall–Kier alpha value is -1.14. The van der Waals surface area contributed by atoms with Crippen LogP contribution in [-0.4, -0.2) is 55.6 Å². The zero-order chi connectivity index (χ0) is 13.8. The quantitative estimate of drug-likeness (QED) is 0.722. The van der Waals surface area contributed by atoms with Gasteiger partial charge in [-0.2, -0.15) is 0 Å². The van der Waals surface area contributed by atoms with Crippen molar-refractivity contribution in [2.24, 2.45) is 11.7 Å². The highest BCUT2D eigenvalue weighted by molar-refractivity contribution is 5.83. The maximum Gasteiger partial charge on any atom is 0.251 e. The molecular formula is C13H23N3O3. The molecule has 19 heavy (non-hydrogen) atoms. The third-order valence-electron chi connectivity index (χ3n) is 4.00. The van der Waals surface area contributed by atoms with E-state index >= 15 is 0 Å². The lowest BCUT2D eigenvalue weighted by molar-refractivity contribution is -0.145. The lowest BCUT2D eigenvalue weighted by Crippen LogP contribution is -2.48. The summed E-state index contributed by atoms with van der Waals surface area (Å²) in [4.78, 5) is 25.8. The van der Waals surface area contributed by atoms with Gasteiger partial charge in [0.1, 0.15) is 6.10 Å². The summed E-state index contributed by atoms with van der Waals surface area (Å²) >= 11 is 0. The van der Waals surface area contributed by atoms with Crippen molar-refractivity contribution in [1.82, 2.24) is 10.2 Å². The van der Waals surface area contributed by atoms with Crippen LogP contribution in [0.25, 0.3) is 0 Å². The summed E-state index contributed by atoms with van der Waals surface area (Å²) in [6.07, 6.45) is 2.95. The van der Waals surface area contributed by atoms with E-state index in [0.29, 0.717) is 13.1 Å². The van der Waals surface area contributed by atoms with E-state index in [4.69, 9.17) is 10.5 Å². The minimum absolute atomic E-state index is 0.00785. The Morgan fingerprint density at radius 1 is 1.37 bits per heavy atom. The normalized spacial score (nSPS) is 31.3. The maximum absolute atomic E-state index is 12.3. The Bertz CT molecular complexity index is 348. The van der Waals surface area contributed by atoms with E-state index in [1.807, 2.05) is 0 Å². The maximum atomic E-state index is 12.3. The largest absolute Gasteiger partial charge is 0.364 e. The van der Waals surface area contributed by atoms with Gasteiger partial charge in [0, 0.05) is 26.7 Å². The third-order valence-corrected chi connectivity index (χ3v) is 4.00. The molecule has 2 amide bonds. The second kappa shape index (κ2) is 6.34. The number of hydrogen-bond donors (Lipinski definition) is 2. The highest BCUT2D eigenvalue weighted by Gasteiger charge is 2.35. The molecule has 3 atom stereocenters. The molecule has 0 aliphatic carbocycles. The van der Waals surface area contributed by atoms with E-state index in [0.717, 1.165) is 32.2 Å². The van der Waals surface area contributed by atoms with Crippen LogP contribution in [0.5, 0.6) is 0 Å². The number of carbonyl (C=O) groups is 2. The Morgan fingerprint density at radius 3 is 2.79 bits per heavy atom. The summed E-state index contributed by atoms with van der Waals surface area (Å²) in [5, 5.41) is 2.66. The number of nitrogens with zero attached hydrogens (tertiary/aromatic N) is 1. The van der Waals surface area contributed by atoms with Crippen molar-refractivity contribution >= 4 is 11.8 Å². The van der Waals surface area contributed by atoms with Crippen LogP contribution in [0.1, 0.15) is 25.7 Å². The second-order valence-electron chi connectivity index (χ2n) is 5.30. The van der Waals surface area contributed by atoms with Gasteiger partial charge in [-0.25, -0.2) is 0 Å². The average Bonchev–Trinajstić information content (AvgIpc) is 2.94. The lowest BCUT2D eigenvalue weighted by Gasteiger charge is -2.33. The molecule has 0 aromatic rings. The molecule has 0 aromatic heterocycles. The first-order valence-corrected chi connectivity index (χ1v) is 7.01. The van der Waals surface area contributed by atoms with Gasteiger partial charge in [0.05, 0.1) is 12.0 Å². The summed E-state index contributed by atoms with van der Waals surface area (Å²) in [5.41, 5.74) is 5.55. The number of nitrogens with two attached hydrogens (primary N) is 1. The van der Waals surface area contributed by atoms with Crippen molar-refractivity contribution in [1.29, 1.82) is 0 Å². The topological polar surface area (TPSA) is 84.7 Å². The SMILES string of the molecule is CNC(=O)C1CCCN(C(=O)C2CCC(CN)O2)C1. The predicted octanol–water partition coefficient (Wildman–Crippen LogP) is -0.523. The highest BCUT2D eigenvalue weighted by atomic mass is 16.5. The summed E-state index contributed by atoms with van der Waals surface area (Å²) in [6.45, 7) is 1.69. The number of likely N-dealkylation sites (tertiary alicyclic amines) is 1. The molecule has 6 heteroatoms. The molecule has 2 rings (SSSR count). The standard InChI is InChI=1S/C13H23N3O3/c1-15-12(17)9-3-2-6-16(8-9)13(18)11-5-4-10(7-14)19-11/h9-11H,2-8,14H2,1H3,(H,15,17). The van der Waals surface area contributed by atoms with Crippen LogP contribution < -0.4 is 11.1 Å². The Labute approximate surface area is 113 Å². The average molecular weight is 269 g/mol. The molecule has 2 heterocycles. The van der Waals surface area contributed by atoms with Gasteiger partial charge < -0.3 is 20.7 Å². The van der Waals surface area contributed by atoms with Gasteiger partial charge in [0.2, 0.25) is 5.91 Å². The summed E-state index contributed by atoms with van der Waals surface area (Å²) in [7, 11) is 1.63. The van der Waals surface area contributed by atoms with Crippen LogP contribution in [0.3, 0.4) is 0 Å². The molecule has 2 aliphatic rings. The van der Waals surface area contributed by atoms with Gasteiger partial charge in [0.15, 0.2) is 0 Å². The van der Waals surface area contributed by atoms with E-state index in [1.54, 1.807) is 11.9 Å². The Kier molecular flexibility index (Phi) is 4.76. The molecule has 2 saturated heterocycles. The van der Waals surface area contributed by atoms with Crippen molar-refractivity contribution in [2.45, 2.75) is 37.9 Å². The fraction of sp³-hybridized carbons (Fsp3) is 0.846. The molecule has 6 nitrogen and oxygen atoms in total. The minimum Gasteiger partial charge on any atom is -0.364 e. The predicted molar refractivity (Wildman–Crippen MR) is 70.3 cm³/mol. The van der Waals surface area contributed by atoms with Gasteiger partial charge in [-0.3, -0.25) is 9.59 Å². The van der Waals surface area contributed by atoms with E-state index < -0.39 is 0 Å². The number of amides is 2. The number of ether oxygens (including phenoxy) is 1. The number of nitrogens with one attached hydrogen (secondary N) is 1. The van der Waals surface area contributed by atoms with Gasteiger partial charge >= 0.3 is 0 Å². The van der Waals surface area contributed by atoms with Gasteiger partial charge in [-0.1, -0.05) is 0 Å². The molecule has 108 valence electrons. The van der Waals surface area contributed by atoms with Gasteiger partial charge in [-0.05, 0) is 25.7 Å². The molecular weight excluding hydrogens is 246 g/mol. The van der Waals surface area contributed by atoms with Crippen molar-refractivity contribution in [3.63, 3.8) is 0 Å². The Morgan fingerprint density at radius 2 is 2.16 bits per heavy atom. The molecule has 0 bridgehead atoms. The van der Waals surface area contributed by atoms with Crippen LogP contribution in [-0.2, 0) is 14.3 Å². The van der Waals surface area contributed by atoms with E-state index in [9.17, 15) is 9.59 Å². The molecule has 0 spiro atoms. The zero-order valence-corrected chi connectivity index (χ0v) is 11.4. The first-order valence-electron chi connectivity index (χ1n) is 7.01. The summed E-state index contributed by atoms with van der Waals surface area (Å²) in [5.74, 6) is -0.0522. The number of piperidine rings is 1. The Balaban J connectivity index is 1.90. The number of carbonyl (C=O) groups excluding carboxylic acids is 2. The first kappa shape index (κ1) is 14.3. The molecule has 0 saturated carbocycles. The van der Waals surface area contributed by atoms with Crippen molar-refractivity contribution < 1.29 is 14.3 Å². The molecule has 2 fully saturated rings. The smallest absolute Gasteiger partial charge is 0.251 e. The summed E-state index contributed by atoms with van der Waals surface area (Å²) in [6, 6.07) is 0. The fourth-order valence-electron chi connectivity index (χ4n) is 2.86. The fourth-order valence-corrected chi connectivity index (χ4v) is 2.86. The minimum atomic E-state index is -0.364. The molecule has 3 N–H and O–H groups in total. The van der Waals surface area contributed by atoms with Crippen molar-refractivity contribution in [3.8, 4) is 0 Å². The van der Waals surface area contributed by atoms with Crippen LogP contribution in [0.15, 0.2) is 0 Å². The first-order chi connectivity index (χ1) is 9.15. The van der Waals surface area contributed by atoms with Crippen LogP contribution in [0.2, 0.25) is 0 Å². The highest BCUT2D eigenvalue weighted by Crippen LogP contribution is 2.24. The third kappa shape index (κ3) is 3.25. The molecule has 2 aliphatic heterocycles. The number of rotatable bonds is 3. The lowest BCUT2D eigenvalue weighted by atomic mass is 9.96. The monoisotopic (exact) mass is 269 g/mol.